The van der Waals surface area contributed by atoms with Gasteiger partial charge in [-0.25, -0.2) is 17.8 Å². The first-order valence-electron chi connectivity index (χ1n) is 5.34. The second-order valence-electron chi connectivity index (χ2n) is 3.55. The molecule has 1 aromatic carbocycles. The molecule has 2 rings (SSSR count). The fourth-order valence-corrected chi connectivity index (χ4v) is 3.23. The topological polar surface area (TPSA) is 79.3 Å². The van der Waals surface area contributed by atoms with Gasteiger partial charge in [-0.1, -0.05) is 11.8 Å². The van der Waals surface area contributed by atoms with E-state index >= 15 is 0 Å². The number of rotatable bonds is 3. The van der Waals surface area contributed by atoms with E-state index in [1.807, 2.05) is 0 Å². The van der Waals surface area contributed by atoms with Gasteiger partial charge in [0.2, 0.25) is 0 Å². The van der Waals surface area contributed by atoms with Crippen molar-refractivity contribution in [2.75, 3.05) is 11.3 Å². The molecule has 2 N–H and O–H groups in total. The Kier molecular flexibility index (Phi) is 4.34. The van der Waals surface area contributed by atoms with Crippen molar-refractivity contribution in [3.8, 4) is 11.8 Å². The Hall–Kier alpha value is -1.95. The molecule has 0 aliphatic carbocycles. The van der Waals surface area contributed by atoms with E-state index in [0.717, 1.165) is 23.5 Å². The molecule has 5 nitrogen and oxygen atoms in total. The normalized spacial score (nSPS) is 10.7. The lowest BCUT2D eigenvalue weighted by Gasteiger charge is -2.06. The SMILES string of the molecule is O=S(=O)(Nc1nccs1)c1ccc(C#CCO)cc1F. The molecule has 0 radical (unpaired) electrons. The van der Waals surface area contributed by atoms with Crippen LogP contribution in [0, 0.1) is 17.7 Å². The molecule has 0 aliphatic heterocycles. The summed E-state index contributed by atoms with van der Waals surface area (Å²) in [7, 11) is -4.03. The van der Waals surface area contributed by atoms with Gasteiger partial charge in [-0.2, -0.15) is 0 Å². The van der Waals surface area contributed by atoms with Crippen LogP contribution in [-0.4, -0.2) is 25.1 Å². The molecular weight excluding hydrogens is 303 g/mol. The smallest absolute Gasteiger partial charge is 0.266 e. The number of aliphatic hydroxyl groups is 1. The first-order chi connectivity index (χ1) is 9.53. The van der Waals surface area contributed by atoms with E-state index in [9.17, 15) is 12.8 Å². The summed E-state index contributed by atoms with van der Waals surface area (Å²) in [6.07, 6.45) is 1.44. The Morgan fingerprint density at radius 2 is 2.25 bits per heavy atom. The summed E-state index contributed by atoms with van der Waals surface area (Å²) in [5.41, 5.74) is 0.282. The lowest BCUT2D eigenvalue weighted by atomic mass is 10.2. The van der Waals surface area contributed by atoms with Gasteiger partial charge in [0.1, 0.15) is 17.3 Å². The minimum Gasteiger partial charge on any atom is -0.384 e. The van der Waals surface area contributed by atoms with Gasteiger partial charge < -0.3 is 5.11 Å². The van der Waals surface area contributed by atoms with Gasteiger partial charge in [-0.05, 0) is 18.2 Å². The zero-order chi connectivity index (χ0) is 14.6. The predicted octanol–water partition coefficient (Wildman–Crippen LogP) is 1.43. The number of thiazole rings is 1. The lowest BCUT2D eigenvalue weighted by molar-refractivity contribution is 0.350. The summed E-state index contributed by atoms with van der Waals surface area (Å²) < 4.78 is 40.0. The molecule has 0 amide bonds. The molecule has 0 saturated heterocycles. The van der Waals surface area contributed by atoms with Crippen molar-refractivity contribution < 1.29 is 17.9 Å². The van der Waals surface area contributed by atoms with Crippen molar-refractivity contribution in [3.63, 3.8) is 0 Å². The Balaban J connectivity index is 2.33. The maximum atomic E-state index is 13.8. The maximum Gasteiger partial charge on any atom is 0.266 e. The van der Waals surface area contributed by atoms with Gasteiger partial charge in [-0.15, -0.1) is 11.3 Å². The highest BCUT2D eigenvalue weighted by molar-refractivity contribution is 7.93. The number of benzene rings is 1. The molecule has 0 fully saturated rings. The third-order valence-corrected chi connectivity index (χ3v) is 4.38. The third kappa shape index (κ3) is 3.33. The Labute approximate surface area is 119 Å². The fourth-order valence-electron chi connectivity index (χ4n) is 1.38. The second kappa shape index (κ2) is 6.00. The van der Waals surface area contributed by atoms with Crippen LogP contribution >= 0.6 is 11.3 Å². The monoisotopic (exact) mass is 312 g/mol. The van der Waals surface area contributed by atoms with E-state index in [1.54, 1.807) is 5.38 Å². The number of hydrogen-bond donors (Lipinski definition) is 2. The van der Waals surface area contributed by atoms with Gasteiger partial charge in [0.25, 0.3) is 10.0 Å². The van der Waals surface area contributed by atoms with Gasteiger partial charge in [0, 0.05) is 17.1 Å². The van der Waals surface area contributed by atoms with E-state index in [1.165, 1.54) is 12.3 Å². The number of aromatic nitrogens is 1. The molecule has 104 valence electrons. The fraction of sp³-hybridized carbons (Fsp3) is 0.0833. The van der Waals surface area contributed by atoms with Crippen LogP contribution in [0.15, 0.2) is 34.7 Å². The van der Waals surface area contributed by atoms with E-state index in [-0.39, 0.29) is 17.3 Å². The largest absolute Gasteiger partial charge is 0.384 e. The molecular formula is C12H9FN2O3S2. The quantitative estimate of drug-likeness (QED) is 0.840. The van der Waals surface area contributed by atoms with E-state index in [4.69, 9.17) is 5.11 Å². The number of halogens is 1. The molecule has 0 bridgehead atoms. The van der Waals surface area contributed by atoms with Crippen molar-refractivity contribution >= 4 is 26.5 Å². The molecule has 0 unspecified atom stereocenters. The highest BCUT2D eigenvalue weighted by Crippen LogP contribution is 2.20. The van der Waals surface area contributed by atoms with Crippen LogP contribution in [-0.2, 0) is 10.0 Å². The van der Waals surface area contributed by atoms with Crippen molar-refractivity contribution in [2.24, 2.45) is 0 Å². The molecule has 8 heteroatoms. The summed E-state index contributed by atoms with van der Waals surface area (Å²) in [5.74, 6) is 3.93. The highest BCUT2D eigenvalue weighted by Gasteiger charge is 2.20. The van der Waals surface area contributed by atoms with Crippen LogP contribution < -0.4 is 4.72 Å². The highest BCUT2D eigenvalue weighted by atomic mass is 32.2. The molecule has 0 aliphatic rings. The van der Waals surface area contributed by atoms with Crippen LogP contribution in [0.2, 0.25) is 0 Å². The summed E-state index contributed by atoms with van der Waals surface area (Å²) in [5, 5.41) is 10.3. The number of nitrogens with one attached hydrogen (secondary N) is 1. The Morgan fingerprint density at radius 3 is 2.85 bits per heavy atom. The van der Waals surface area contributed by atoms with Crippen LogP contribution in [0.4, 0.5) is 9.52 Å². The van der Waals surface area contributed by atoms with E-state index in [0.29, 0.717) is 0 Å². The minimum absolute atomic E-state index is 0.161. The molecule has 1 heterocycles. The molecule has 2 aromatic rings. The van der Waals surface area contributed by atoms with Gasteiger partial charge in [0.15, 0.2) is 5.13 Å². The van der Waals surface area contributed by atoms with Crippen molar-refractivity contribution in [2.45, 2.75) is 4.90 Å². The minimum atomic E-state index is -4.03. The molecule has 0 saturated carbocycles. The number of anilines is 1. The Bertz CT molecular complexity index is 762. The summed E-state index contributed by atoms with van der Waals surface area (Å²) >= 11 is 1.09. The van der Waals surface area contributed by atoms with Crippen molar-refractivity contribution in [1.29, 1.82) is 0 Å². The Morgan fingerprint density at radius 1 is 1.45 bits per heavy atom. The van der Waals surface area contributed by atoms with E-state index in [2.05, 4.69) is 21.5 Å². The number of aliphatic hydroxyl groups excluding tert-OH is 1. The average Bonchev–Trinajstić information content (AvgIpc) is 2.88. The standard InChI is InChI=1S/C12H9FN2O3S2/c13-10-8-9(2-1-6-16)3-4-11(10)20(17,18)15-12-14-5-7-19-12/h3-5,7-8,16H,6H2,(H,14,15). The lowest BCUT2D eigenvalue weighted by Crippen LogP contribution is -2.14. The first kappa shape index (κ1) is 14.5. The van der Waals surface area contributed by atoms with Gasteiger partial charge in [0.05, 0.1) is 0 Å². The molecule has 1 aromatic heterocycles. The number of sulfonamides is 1. The molecule has 20 heavy (non-hydrogen) atoms. The zero-order valence-electron chi connectivity index (χ0n) is 10.00. The van der Waals surface area contributed by atoms with Crippen LogP contribution in [0.3, 0.4) is 0 Å². The van der Waals surface area contributed by atoms with Crippen molar-refractivity contribution in [1.82, 2.24) is 4.98 Å². The average molecular weight is 312 g/mol. The first-order valence-corrected chi connectivity index (χ1v) is 7.71. The van der Waals surface area contributed by atoms with Gasteiger partial charge >= 0.3 is 0 Å². The van der Waals surface area contributed by atoms with Crippen LogP contribution in [0.1, 0.15) is 5.56 Å². The third-order valence-electron chi connectivity index (χ3n) is 2.19. The molecule has 0 spiro atoms. The van der Waals surface area contributed by atoms with Crippen LogP contribution in [0.5, 0.6) is 0 Å². The van der Waals surface area contributed by atoms with Crippen molar-refractivity contribution in [3.05, 3.63) is 41.2 Å². The predicted molar refractivity (Wildman–Crippen MR) is 73.3 cm³/mol. The zero-order valence-corrected chi connectivity index (χ0v) is 11.6. The second-order valence-corrected chi connectivity index (χ2v) is 6.09. The number of nitrogens with zero attached hydrogens (tertiary/aromatic N) is 1. The molecule has 0 atom stereocenters. The number of hydrogen-bond acceptors (Lipinski definition) is 5. The summed E-state index contributed by atoms with van der Waals surface area (Å²) in [6, 6.07) is 3.48. The van der Waals surface area contributed by atoms with Gasteiger partial charge in [-0.3, -0.25) is 4.72 Å². The van der Waals surface area contributed by atoms with E-state index < -0.39 is 20.7 Å². The van der Waals surface area contributed by atoms with Crippen LogP contribution in [0.25, 0.3) is 0 Å². The summed E-state index contributed by atoms with van der Waals surface area (Å²) in [6.45, 7) is -0.354. The maximum absolute atomic E-state index is 13.8. The summed E-state index contributed by atoms with van der Waals surface area (Å²) in [4.78, 5) is 3.29.